The van der Waals surface area contributed by atoms with Gasteiger partial charge in [0.25, 0.3) is 11.5 Å². The number of hydrogen-bond acceptors (Lipinski definition) is 5. The van der Waals surface area contributed by atoms with Crippen LogP contribution in [0.3, 0.4) is 0 Å². The third kappa shape index (κ3) is 5.33. The summed E-state index contributed by atoms with van der Waals surface area (Å²) in [6.07, 6.45) is 2.73. The lowest BCUT2D eigenvalue weighted by molar-refractivity contribution is -0.119. The number of benzene rings is 2. The Kier molecular flexibility index (Phi) is 7.96. The first-order valence-electron chi connectivity index (χ1n) is 13.4. The molecule has 3 heterocycles. The van der Waals surface area contributed by atoms with Crippen LogP contribution in [0.1, 0.15) is 47.7 Å². The van der Waals surface area contributed by atoms with E-state index in [1.807, 2.05) is 67.6 Å². The van der Waals surface area contributed by atoms with Gasteiger partial charge in [-0.3, -0.25) is 14.0 Å². The normalized spacial score (nSPS) is 12.5. The third-order valence-electron chi connectivity index (χ3n) is 6.88. The number of carbonyl (C=O) groups excluding carboxylic acids is 2. The number of amides is 1. The number of hydrogen-bond donors (Lipinski definition) is 0. The summed E-state index contributed by atoms with van der Waals surface area (Å²) in [4.78, 5) is 49.9. The summed E-state index contributed by atoms with van der Waals surface area (Å²) in [5, 5.41) is 0.237. The molecule has 0 bridgehead atoms. The number of nitrogens with zero attached hydrogens (tertiary/aromatic N) is 4. The summed E-state index contributed by atoms with van der Waals surface area (Å²) in [5.41, 5.74) is 2.55. The van der Waals surface area contributed by atoms with Gasteiger partial charge in [-0.05, 0) is 49.1 Å². The molecule has 0 radical (unpaired) electrons. The maximum Gasteiger partial charge on any atom is 0.341 e. The number of ether oxygens (including phenoxy) is 1. The molecule has 0 fully saturated rings. The number of aryl methyl sites for hydroxylation is 2. The van der Waals surface area contributed by atoms with Crippen molar-refractivity contribution < 1.29 is 14.3 Å². The molecule has 0 N–H and O–H groups in total. The fourth-order valence-corrected chi connectivity index (χ4v) is 4.88. The summed E-state index contributed by atoms with van der Waals surface area (Å²) >= 11 is 0. The molecule has 8 heteroatoms. The second kappa shape index (κ2) is 11.9. The summed E-state index contributed by atoms with van der Waals surface area (Å²) in [5.74, 6) is -1.54. The molecule has 0 aliphatic rings. The maximum atomic E-state index is 13.7. The van der Waals surface area contributed by atoms with E-state index in [1.54, 1.807) is 35.9 Å². The quantitative estimate of drug-likeness (QED) is 0.213. The van der Waals surface area contributed by atoms with Crippen LogP contribution in [0, 0.1) is 0 Å². The number of esters is 1. The summed E-state index contributed by atoms with van der Waals surface area (Å²) < 4.78 is 8.50. The second-order valence-electron chi connectivity index (χ2n) is 9.39. The van der Waals surface area contributed by atoms with Gasteiger partial charge in [-0.2, -0.15) is 4.99 Å². The van der Waals surface area contributed by atoms with Gasteiger partial charge in [0.2, 0.25) is 0 Å². The molecular weight excluding hydrogens is 504 g/mol. The number of pyridine rings is 2. The van der Waals surface area contributed by atoms with Gasteiger partial charge in [0.15, 0.2) is 5.49 Å². The van der Waals surface area contributed by atoms with Gasteiger partial charge in [-0.1, -0.05) is 73.7 Å². The smallest absolute Gasteiger partial charge is 0.341 e. The molecule has 0 spiro atoms. The Morgan fingerprint density at radius 1 is 0.950 bits per heavy atom. The molecule has 1 unspecified atom stereocenters. The van der Waals surface area contributed by atoms with Crippen LogP contribution in [0.5, 0.6) is 0 Å². The minimum atomic E-state index is -0.658. The Morgan fingerprint density at radius 3 is 2.35 bits per heavy atom. The highest BCUT2D eigenvalue weighted by Crippen LogP contribution is 2.21. The van der Waals surface area contributed by atoms with Gasteiger partial charge in [-0.25, -0.2) is 9.78 Å². The Balaban J connectivity index is 1.81. The molecule has 2 aromatic carbocycles. The number of rotatable bonds is 8. The molecule has 0 saturated carbocycles. The first-order chi connectivity index (χ1) is 19.5. The fourth-order valence-electron chi connectivity index (χ4n) is 4.88. The Morgan fingerprint density at radius 2 is 1.65 bits per heavy atom. The predicted octanol–water partition coefficient (Wildman–Crippen LogP) is 4.69. The highest BCUT2D eigenvalue weighted by molar-refractivity contribution is 5.94. The third-order valence-corrected chi connectivity index (χ3v) is 6.88. The van der Waals surface area contributed by atoms with Crippen molar-refractivity contribution in [2.75, 3.05) is 6.61 Å². The van der Waals surface area contributed by atoms with Crippen LogP contribution >= 0.6 is 0 Å². The molecule has 202 valence electrons. The van der Waals surface area contributed by atoms with Gasteiger partial charge in [0.1, 0.15) is 16.9 Å². The van der Waals surface area contributed by atoms with Crippen LogP contribution < -0.4 is 11.0 Å². The zero-order valence-corrected chi connectivity index (χ0v) is 22.5. The first kappa shape index (κ1) is 26.7. The summed E-state index contributed by atoms with van der Waals surface area (Å²) in [6.45, 7) is 4.09. The Hall–Kier alpha value is -4.85. The lowest BCUT2D eigenvalue weighted by Gasteiger charge is -2.16. The van der Waals surface area contributed by atoms with E-state index >= 15 is 0 Å². The van der Waals surface area contributed by atoms with Gasteiger partial charge in [0, 0.05) is 12.7 Å². The Bertz CT molecular complexity index is 1810. The molecule has 5 aromatic rings. The van der Waals surface area contributed by atoms with Crippen LogP contribution in [0.4, 0.5) is 0 Å². The van der Waals surface area contributed by atoms with Crippen molar-refractivity contribution in [1.82, 2.24) is 14.0 Å². The number of fused-ring (bicyclic) bond motifs is 2. The van der Waals surface area contributed by atoms with Crippen LogP contribution in [0.15, 0.2) is 101 Å². The molecule has 1 amide bonds. The summed E-state index contributed by atoms with van der Waals surface area (Å²) in [7, 11) is 0. The molecule has 0 aliphatic carbocycles. The van der Waals surface area contributed by atoms with Crippen molar-refractivity contribution in [3.63, 3.8) is 0 Å². The van der Waals surface area contributed by atoms with E-state index in [0.29, 0.717) is 30.7 Å². The standard InChI is InChI=1S/C32H30N4O4/c1-3-24(23-15-9-6-10-16-23)30(37)34-29-26(32(39)40-4-2)21-25-28(33-27-17-11-12-19-35(27)31(25)38)36(29)20-18-22-13-7-5-8-14-22/h5-17,19,21,24H,3-4,18,20H2,1-2H3. The largest absolute Gasteiger partial charge is 0.462 e. The molecule has 40 heavy (non-hydrogen) atoms. The molecular formula is C32H30N4O4. The molecule has 8 nitrogen and oxygen atoms in total. The minimum absolute atomic E-state index is 0.0495. The topological polar surface area (TPSA) is 95.0 Å². The van der Waals surface area contributed by atoms with Crippen molar-refractivity contribution in [3.8, 4) is 0 Å². The highest BCUT2D eigenvalue weighted by atomic mass is 16.5. The fraction of sp³-hybridized carbons (Fsp3) is 0.219. The highest BCUT2D eigenvalue weighted by Gasteiger charge is 2.23. The van der Waals surface area contributed by atoms with Crippen LogP contribution in [0.25, 0.3) is 16.7 Å². The van der Waals surface area contributed by atoms with Crippen LogP contribution in [0.2, 0.25) is 0 Å². The van der Waals surface area contributed by atoms with E-state index < -0.39 is 11.9 Å². The molecule has 1 atom stereocenters. The van der Waals surface area contributed by atoms with Crippen molar-refractivity contribution in [3.05, 3.63) is 124 Å². The first-order valence-corrected chi connectivity index (χ1v) is 13.4. The van der Waals surface area contributed by atoms with E-state index in [4.69, 9.17) is 9.72 Å². The zero-order chi connectivity index (χ0) is 28.1. The van der Waals surface area contributed by atoms with Crippen molar-refractivity contribution in [2.24, 2.45) is 4.99 Å². The van der Waals surface area contributed by atoms with Crippen molar-refractivity contribution in [2.45, 2.75) is 39.2 Å². The van der Waals surface area contributed by atoms with Gasteiger partial charge in [0.05, 0.1) is 17.9 Å². The average molecular weight is 535 g/mol. The average Bonchev–Trinajstić information content (AvgIpc) is 2.98. The van der Waals surface area contributed by atoms with E-state index in [-0.39, 0.29) is 34.5 Å². The zero-order valence-electron chi connectivity index (χ0n) is 22.5. The van der Waals surface area contributed by atoms with E-state index in [1.165, 1.54) is 10.5 Å². The van der Waals surface area contributed by atoms with E-state index in [0.717, 1.165) is 11.1 Å². The number of aromatic nitrogens is 3. The van der Waals surface area contributed by atoms with Crippen molar-refractivity contribution >= 4 is 28.6 Å². The maximum absolute atomic E-state index is 13.7. The van der Waals surface area contributed by atoms with Gasteiger partial charge in [-0.15, -0.1) is 0 Å². The van der Waals surface area contributed by atoms with Crippen molar-refractivity contribution in [1.29, 1.82) is 0 Å². The van der Waals surface area contributed by atoms with E-state index in [9.17, 15) is 14.4 Å². The van der Waals surface area contributed by atoms with Crippen LogP contribution in [-0.2, 0) is 22.5 Å². The lowest BCUT2D eigenvalue weighted by atomic mass is 9.96. The van der Waals surface area contributed by atoms with Gasteiger partial charge >= 0.3 is 5.97 Å². The summed E-state index contributed by atoms with van der Waals surface area (Å²) in [6, 6.07) is 26.0. The second-order valence-corrected chi connectivity index (χ2v) is 9.39. The molecule has 0 saturated heterocycles. The Labute approximate surface area is 231 Å². The monoisotopic (exact) mass is 534 g/mol. The molecule has 5 rings (SSSR count). The number of carbonyl (C=O) groups is 2. The molecule has 3 aromatic heterocycles. The lowest BCUT2D eigenvalue weighted by Crippen LogP contribution is -2.33. The predicted molar refractivity (Wildman–Crippen MR) is 153 cm³/mol. The van der Waals surface area contributed by atoms with Gasteiger partial charge < -0.3 is 9.30 Å². The van der Waals surface area contributed by atoms with Crippen LogP contribution in [-0.4, -0.2) is 32.4 Å². The molecule has 0 aliphatic heterocycles. The SMILES string of the molecule is CCOC(=O)c1cc2c(=O)n3ccccc3nc2n(CCc2ccccc2)c1=NC(=O)C(CC)c1ccccc1. The minimum Gasteiger partial charge on any atom is -0.462 e. The van der Waals surface area contributed by atoms with E-state index in [2.05, 4.69) is 4.99 Å².